The third-order valence-electron chi connectivity index (χ3n) is 5.58. The van der Waals surface area contributed by atoms with Crippen LogP contribution >= 0.6 is 0 Å². The van der Waals surface area contributed by atoms with E-state index in [1.807, 2.05) is 0 Å². The number of fused-ring (bicyclic) bond motifs is 2. The van der Waals surface area contributed by atoms with Gasteiger partial charge < -0.3 is 4.90 Å². The predicted octanol–water partition coefficient (Wildman–Crippen LogP) is 6.05. The van der Waals surface area contributed by atoms with Crippen LogP contribution in [0, 0.1) is 0 Å². The molecule has 0 spiro atoms. The van der Waals surface area contributed by atoms with E-state index in [1.165, 1.54) is 27.8 Å². The van der Waals surface area contributed by atoms with Crippen LogP contribution in [0.25, 0.3) is 16.5 Å². The van der Waals surface area contributed by atoms with E-state index < -0.39 is 0 Å². The summed E-state index contributed by atoms with van der Waals surface area (Å²) in [5, 5.41) is 1.18. The molecule has 0 bridgehead atoms. The van der Waals surface area contributed by atoms with Crippen molar-refractivity contribution in [3.05, 3.63) is 114 Å². The number of hydrogen-bond acceptors (Lipinski definition) is 2. The van der Waals surface area contributed by atoms with Crippen molar-refractivity contribution in [2.24, 2.45) is 0 Å². The van der Waals surface area contributed by atoms with Gasteiger partial charge in [0.15, 0.2) is 0 Å². The van der Waals surface area contributed by atoms with Gasteiger partial charge in [0.05, 0.1) is 11.2 Å². The van der Waals surface area contributed by atoms with E-state index in [2.05, 4.69) is 109 Å². The summed E-state index contributed by atoms with van der Waals surface area (Å²) in [5.74, 6) is 0.281. The zero-order valence-corrected chi connectivity index (χ0v) is 15.9. The van der Waals surface area contributed by atoms with E-state index in [4.69, 9.17) is 4.98 Å². The Morgan fingerprint density at radius 1 is 0.786 bits per heavy atom. The molecule has 5 rings (SSSR count). The van der Waals surface area contributed by atoms with E-state index in [-0.39, 0.29) is 5.92 Å². The normalized spacial score (nSPS) is 16.0. The second-order valence-corrected chi connectivity index (χ2v) is 7.39. The molecule has 0 aliphatic carbocycles. The molecule has 2 nitrogen and oxygen atoms in total. The van der Waals surface area contributed by atoms with Gasteiger partial charge in [0.25, 0.3) is 0 Å². The van der Waals surface area contributed by atoms with Gasteiger partial charge in [-0.25, -0.2) is 4.98 Å². The molecule has 0 radical (unpaired) electrons. The van der Waals surface area contributed by atoms with Gasteiger partial charge in [0.1, 0.15) is 0 Å². The van der Waals surface area contributed by atoms with Crippen LogP contribution in [0.3, 0.4) is 0 Å². The molecule has 2 heterocycles. The third kappa shape index (κ3) is 2.97. The molecule has 1 aliphatic heterocycles. The maximum absolute atomic E-state index is 5.00. The van der Waals surface area contributed by atoms with E-state index in [9.17, 15) is 0 Å². The molecule has 136 valence electrons. The Kier molecular flexibility index (Phi) is 4.17. The van der Waals surface area contributed by atoms with E-state index in [1.54, 1.807) is 0 Å². The molecule has 0 fully saturated rings. The molecular formula is C26H22N2. The maximum atomic E-state index is 5.00. The summed E-state index contributed by atoms with van der Waals surface area (Å²) >= 11 is 0. The van der Waals surface area contributed by atoms with Crippen LogP contribution in [0.15, 0.2) is 97.2 Å². The van der Waals surface area contributed by atoms with Crippen LogP contribution in [0.1, 0.15) is 22.7 Å². The number of para-hydroxylation sites is 2. The summed E-state index contributed by atoms with van der Waals surface area (Å²) < 4.78 is 0. The fourth-order valence-electron chi connectivity index (χ4n) is 4.18. The molecule has 0 saturated heterocycles. The molecule has 0 amide bonds. The predicted molar refractivity (Wildman–Crippen MR) is 117 cm³/mol. The number of anilines is 1. The standard InChI is InChI=1S/C26H22N2/c1-28-18-23(25-16-15-20-11-5-7-13-24(20)27-25)22(17-19-9-3-2-4-10-19)21-12-6-8-14-26(21)28/h2-16,18,22H,17H2,1H3. The van der Waals surface area contributed by atoms with Crippen LogP contribution in [-0.2, 0) is 6.42 Å². The van der Waals surface area contributed by atoms with Crippen LogP contribution in [0.4, 0.5) is 5.69 Å². The molecular weight excluding hydrogens is 340 g/mol. The summed E-state index contributed by atoms with van der Waals surface area (Å²) in [7, 11) is 2.12. The Morgan fingerprint density at radius 3 is 2.43 bits per heavy atom. The van der Waals surface area contributed by atoms with Crippen molar-refractivity contribution in [3.8, 4) is 0 Å². The highest BCUT2D eigenvalue weighted by atomic mass is 15.1. The lowest BCUT2D eigenvalue weighted by Crippen LogP contribution is -2.21. The highest BCUT2D eigenvalue weighted by molar-refractivity contribution is 5.84. The molecule has 1 atom stereocenters. The van der Waals surface area contributed by atoms with Crippen molar-refractivity contribution in [1.82, 2.24) is 4.98 Å². The van der Waals surface area contributed by atoms with Crippen molar-refractivity contribution in [2.45, 2.75) is 12.3 Å². The minimum absolute atomic E-state index is 0.281. The molecule has 3 aromatic carbocycles. The van der Waals surface area contributed by atoms with Crippen LogP contribution in [-0.4, -0.2) is 12.0 Å². The first-order valence-electron chi connectivity index (χ1n) is 9.73. The first kappa shape index (κ1) is 16.8. The largest absolute Gasteiger partial charge is 0.350 e. The minimum atomic E-state index is 0.281. The van der Waals surface area contributed by atoms with Gasteiger partial charge in [-0.05, 0) is 35.7 Å². The van der Waals surface area contributed by atoms with Gasteiger partial charge in [0.2, 0.25) is 0 Å². The van der Waals surface area contributed by atoms with E-state index in [0.29, 0.717) is 0 Å². The molecule has 2 heteroatoms. The minimum Gasteiger partial charge on any atom is -0.350 e. The van der Waals surface area contributed by atoms with Crippen molar-refractivity contribution >= 4 is 22.2 Å². The smallest absolute Gasteiger partial charge is 0.0709 e. The summed E-state index contributed by atoms with van der Waals surface area (Å²) in [6, 6.07) is 32.1. The average molecular weight is 362 g/mol. The Morgan fingerprint density at radius 2 is 1.54 bits per heavy atom. The lowest BCUT2D eigenvalue weighted by Gasteiger charge is -2.32. The highest BCUT2D eigenvalue weighted by Crippen LogP contribution is 2.43. The summed E-state index contributed by atoms with van der Waals surface area (Å²) in [5.41, 5.74) is 7.35. The van der Waals surface area contributed by atoms with Crippen LogP contribution < -0.4 is 4.90 Å². The molecule has 1 aromatic heterocycles. The molecule has 0 N–H and O–H groups in total. The van der Waals surface area contributed by atoms with Crippen molar-refractivity contribution in [1.29, 1.82) is 0 Å². The SMILES string of the molecule is CN1C=C(c2ccc3ccccc3n2)C(Cc2ccccc2)c2ccccc21. The molecule has 28 heavy (non-hydrogen) atoms. The Labute approximate surface area is 165 Å². The quantitative estimate of drug-likeness (QED) is 0.441. The summed E-state index contributed by atoms with van der Waals surface area (Å²) in [4.78, 5) is 7.23. The zero-order valence-electron chi connectivity index (χ0n) is 15.9. The van der Waals surface area contributed by atoms with Gasteiger partial charge >= 0.3 is 0 Å². The first-order chi connectivity index (χ1) is 13.8. The fourth-order valence-corrected chi connectivity index (χ4v) is 4.18. The first-order valence-corrected chi connectivity index (χ1v) is 9.73. The van der Waals surface area contributed by atoms with Crippen LogP contribution in [0.2, 0.25) is 0 Å². The van der Waals surface area contributed by atoms with E-state index >= 15 is 0 Å². The third-order valence-corrected chi connectivity index (χ3v) is 5.58. The van der Waals surface area contributed by atoms with E-state index in [0.717, 1.165) is 17.6 Å². The Bertz CT molecular complexity index is 1160. The lowest BCUT2D eigenvalue weighted by atomic mass is 9.81. The Hall–Kier alpha value is -3.39. The number of aromatic nitrogens is 1. The topological polar surface area (TPSA) is 16.1 Å². The average Bonchev–Trinajstić information content (AvgIpc) is 2.76. The maximum Gasteiger partial charge on any atom is 0.0709 e. The second-order valence-electron chi connectivity index (χ2n) is 7.39. The van der Waals surface area contributed by atoms with Crippen molar-refractivity contribution in [3.63, 3.8) is 0 Å². The molecule has 1 aliphatic rings. The number of pyridine rings is 1. The number of hydrogen-bond donors (Lipinski definition) is 0. The van der Waals surface area contributed by atoms with Gasteiger partial charge in [-0.2, -0.15) is 0 Å². The highest BCUT2D eigenvalue weighted by Gasteiger charge is 2.27. The number of nitrogens with zero attached hydrogens (tertiary/aromatic N) is 2. The van der Waals surface area contributed by atoms with Gasteiger partial charge in [0, 0.05) is 35.8 Å². The van der Waals surface area contributed by atoms with Crippen molar-refractivity contribution in [2.75, 3.05) is 11.9 Å². The number of allylic oxidation sites excluding steroid dienone is 1. The molecule has 0 saturated carbocycles. The Balaban J connectivity index is 1.64. The second kappa shape index (κ2) is 6.97. The molecule has 4 aromatic rings. The zero-order chi connectivity index (χ0) is 18.9. The number of benzene rings is 3. The fraction of sp³-hybridized carbons (Fsp3) is 0.115. The van der Waals surface area contributed by atoms with Crippen LogP contribution in [0.5, 0.6) is 0 Å². The van der Waals surface area contributed by atoms with Gasteiger partial charge in [-0.15, -0.1) is 0 Å². The van der Waals surface area contributed by atoms with Gasteiger partial charge in [-0.1, -0.05) is 72.8 Å². The van der Waals surface area contributed by atoms with Gasteiger partial charge in [-0.3, -0.25) is 0 Å². The van der Waals surface area contributed by atoms with Crippen molar-refractivity contribution < 1.29 is 0 Å². The summed E-state index contributed by atoms with van der Waals surface area (Å²) in [6.45, 7) is 0. The monoisotopic (exact) mass is 362 g/mol. The molecule has 1 unspecified atom stereocenters. The number of rotatable bonds is 3. The lowest BCUT2D eigenvalue weighted by molar-refractivity contribution is 0.829. The summed E-state index contributed by atoms with van der Waals surface area (Å²) in [6.07, 6.45) is 3.22.